The van der Waals surface area contributed by atoms with Crippen molar-refractivity contribution in [2.45, 2.75) is 43.8 Å². The molecule has 0 bridgehead atoms. The monoisotopic (exact) mass is 427 g/mol. The molecule has 0 aliphatic heterocycles. The lowest BCUT2D eigenvalue weighted by Crippen LogP contribution is -2.24. The molecule has 160 valence electrons. The second-order valence-corrected chi connectivity index (χ2v) is 7.77. The van der Waals surface area contributed by atoms with Gasteiger partial charge in [-0.15, -0.1) is 0 Å². The Kier molecular flexibility index (Phi) is 5.17. The maximum Gasteiger partial charge on any atom is 0.391 e. The second-order valence-electron chi connectivity index (χ2n) is 7.77. The highest BCUT2D eigenvalue weighted by Gasteiger charge is 2.44. The molecule has 1 aromatic carbocycles. The van der Waals surface area contributed by atoms with Gasteiger partial charge in [0, 0.05) is 24.0 Å². The summed E-state index contributed by atoms with van der Waals surface area (Å²) in [7, 11) is 1.48. The Hall–Kier alpha value is -3.41. The van der Waals surface area contributed by atoms with E-state index in [-0.39, 0.29) is 11.4 Å². The molecule has 3 aromatic rings. The van der Waals surface area contributed by atoms with Gasteiger partial charge < -0.3 is 10.1 Å². The molecule has 4 rings (SSSR count). The van der Waals surface area contributed by atoms with Crippen LogP contribution in [-0.4, -0.2) is 34.3 Å². The van der Waals surface area contributed by atoms with Crippen LogP contribution in [0.2, 0.25) is 0 Å². The zero-order valence-corrected chi connectivity index (χ0v) is 17.0. The van der Waals surface area contributed by atoms with Gasteiger partial charge in [-0.05, 0) is 30.9 Å². The number of alkyl halides is 3. The van der Waals surface area contributed by atoms with Crippen LogP contribution >= 0.6 is 0 Å². The number of anilines is 1. The van der Waals surface area contributed by atoms with Crippen molar-refractivity contribution in [3.05, 3.63) is 42.2 Å². The Morgan fingerprint density at radius 2 is 1.90 bits per heavy atom. The van der Waals surface area contributed by atoms with Crippen molar-refractivity contribution in [1.29, 1.82) is 5.26 Å². The molecular formula is C22H20F3N5O. The van der Waals surface area contributed by atoms with Crippen molar-refractivity contribution in [1.82, 2.24) is 15.0 Å². The van der Waals surface area contributed by atoms with Crippen LogP contribution in [0.25, 0.3) is 22.0 Å². The van der Waals surface area contributed by atoms with Gasteiger partial charge >= 0.3 is 6.18 Å². The van der Waals surface area contributed by atoms with E-state index in [0.717, 1.165) is 24.0 Å². The summed E-state index contributed by atoms with van der Waals surface area (Å²) in [5.74, 6) is 0.420. The number of hydrogen-bond acceptors (Lipinski definition) is 6. The lowest BCUT2D eigenvalue weighted by atomic mass is 9.95. The third-order valence-corrected chi connectivity index (χ3v) is 5.40. The summed E-state index contributed by atoms with van der Waals surface area (Å²) in [5.41, 5.74) is 2.62. The van der Waals surface area contributed by atoms with Gasteiger partial charge in [-0.2, -0.15) is 18.4 Å². The molecule has 1 atom stereocenters. The summed E-state index contributed by atoms with van der Waals surface area (Å²) in [5, 5.41) is 12.7. The predicted octanol–water partition coefficient (Wildman–Crippen LogP) is 5.01. The van der Waals surface area contributed by atoms with Crippen LogP contribution in [0, 0.1) is 11.3 Å². The van der Waals surface area contributed by atoms with Crippen LogP contribution in [0.3, 0.4) is 0 Å². The number of nitrogens with one attached hydrogen (secondary N) is 1. The molecular weight excluding hydrogens is 407 g/mol. The van der Waals surface area contributed by atoms with Gasteiger partial charge in [0.2, 0.25) is 11.8 Å². The van der Waals surface area contributed by atoms with E-state index in [9.17, 15) is 18.4 Å². The number of nitrogens with zero attached hydrogens (tertiary/aromatic N) is 4. The minimum atomic E-state index is -4.29. The molecule has 1 N–H and O–H groups in total. The lowest BCUT2D eigenvalue weighted by Gasteiger charge is -2.16. The normalized spacial score (nSPS) is 15.9. The van der Waals surface area contributed by atoms with E-state index in [1.807, 2.05) is 24.3 Å². The van der Waals surface area contributed by atoms with E-state index in [1.165, 1.54) is 20.2 Å². The van der Waals surface area contributed by atoms with E-state index in [0.29, 0.717) is 22.3 Å². The van der Waals surface area contributed by atoms with Gasteiger partial charge in [-0.3, -0.25) is 0 Å². The maximum atomic E-state index is 12.7. The van der Waals surface area contributed by atoms with E-state index in [4.69, 9.17) is 4.74 Å². The Morgan fingerprint density at radius 3 is 2.48 bits per heavy atom. The van der Waals surface area contributed by atoms with Crippen LogP contribution in [0.1, 0.15) is 31.7 Å². The molecule has 1 fully saturated rings. The summed E-state index contributed by atoms with van der Waals surface area (Å²) in [6.07, 6.45) is -0.468. The van der Waals surface area contributed by atoms with E-state index >= 15 is 0 Å². The number of benzene rings is 1. The molecule has 6 nitrogen and oxygen atoms in total. The third kappa shape index (κ3) is 4.24. The van der Waals surface area contributed by atoms with Crippen molar-refractivity contribution in [3.63, 3.8) is 0 Å². The molecule has 2 aromatic heterocycles. The van der Waals surface area contributed by atoms with Crippen molar-refractivity contribution >= 4 is 16.9 Å². The highest BCUT2D eigenvalue weighted by molar-refractivity contribution is 5.96. The SMILES string of the molecule is COc1ncc(-c2ccc(C3(C#N)CC3)cc2)c2nc(N[C@@H](C)CC(F)(F)F)ncc12. The molecule has 31 heavy (non-hydrogen) atoms. The fourth-order valence-electron chi connectivity index (χ4n) is 3.62. The summed E-state index contributed by atoms with van der Waals surface area (Å²) in [4.78, 5) is 12.9. The van der Waals surface area contributed by atoms with Crippen LogP contribution in [-0.2, 0) is 5.41 Å². The Labute approximate surface area is 177 Å². The number of rotatable bonds is 6. The molecule has 0 amide bonds. The van der Waals surface area contributed by atoms with Gasteiger partial charge in [-0.25, -0.2) is 15.0 Å². The maximum absolute atomic E-state index is 12.7. The Morgan fingerprint density at radius 1 is 1.19 bits per heavy atom. The highest BCUT2D eigenvalue weighted by atomic mass is 19.4. The van der Waals surface area contributed by atoms with E-state index in [2.05, 4.69) is 26.3 Å². The molecule has 9 heteroatoms. The number of methoxy groups -OCH3 is 1. The van der Waals surface area contributed by atoms with Gasteiger partial charge in [-0.1, -0.05) is 24.3 Å². The molecule has 1 aliphatic carbocycles. The van der Waals surface area contributed by atoms with Crippen molar-refractivity contribution in [2.75, 3.05) is 12.4 Å². The fourth-order valence-corrected chi connectivity index (χ4v) is 3.62. The van der Waals surface area contributed by atoms with Crippen LogP contribution in [0.4, 0.5) is 19.1 Å². The first-order valence-corrected chi connectivity index (χ1v) is 9.80. The zero-order valence-electron chi connectivity index (χ0n) is 17.0. The van der Waals surface area contributed by atoms with Gasteiger partial charge in [0.05, 0.1) is 35.9 Å². The van der Waals surface area contributed by atoms with E-state index < -0.39 is 18.6 Å². The zero-order chi connectivity index (χ0) is 22.2. The third-order valence-electron chi connectivity index (χ3n) is 5.40. The number of nitriles is 1. The first kappa shape index (κ1) is 20.8. The topological polar surface area (TPSA) is 83.7 Å². The van der Waals surface area contributed by atoms with Crippen molar-refractivity contribution in [3.8, 4) is 23.1 Å². The second kappa shape index (κ2) is 7.69. The largest absolute Gasteiger partial charge is 0.480 e. The minimum absolute atomic E-state index is 0.0942. The summed E-state index contributed by atoms with van der Waals surface area (Å²) >= 11 is 0. The van der Waals surface area contributed by atoms with Crippen molar-refractivity contribution in [2.24, 2.45) is 0 Å². The summed E-state index contributed by atoms with van der Waals surface area (Å²) in [6.45, 7) is 1.43. The number of halogens is 3. The smallest absolute Gasteiger partial charge is 0.391 e. The van der Waals surface area contributed by atoms with Crippen LogP contribution in [0.5, 0.6) is 5.88 Å². The molecule has 1 aliphatic rings. The fraction of sp³-hybridized carbons (Fsp3) is 0.364. The predicted molar refractivity (Wildman–Crippen MR) is 110 cm³/mol. The number of ether oxygens (including phenoxy) is 1. The van der Waals surface area contributed by atoms with Crippen LogP contribution in [0.15, 0.2) is 36.7 Å². The average Bonchev–Trinajstić information content (AvgIpc) is 3.53. The van der Waals surface area contributed by atoms with Crippen molar-refractivity contribution < 1.29 is 17.9 Å². The molecule has 2 heterocycles. The quantitative estimate of drug-likeness (QED) is 0.596. The first-order valence-electron chi connectivity index (χ1n) is 9.80. The minimum Gasteiger partial charge on any atom is -0.480 e. The summed E-state index contributed by atoms with van der Waals surface area (Å²) < 4.78 is 43.3. The number of fused-ring (bicyclic) bond motifs is 1. The molecule has 0 unspecified atom stereocenters. The molecule has 1 saturated carbocycles. The highest BCUT2D eigenvalue weighted by Crippen LogP contribution is 2.47. The number of hydrogen-bond donors (Lipinski definition) is 1. The van der Waals surface area contributed by atoms with Gasteiger partial charge in [0.15, 0.2) is 0 Å². The Balaban J connectivity index is 1.72. The number of pyridine rings is 1. The molecule has 0 saturated heterocycles. The molecule has 0 spiro atoms. The average molecular weight is 427 g/mol. The lowest BCUT2D eigenvalue weighted by molar-refractivity contribution is -0.136. The van der Waals surface area contributed by atoms with E-state index in [1.54, 1.807) is 6.20 Å². The Bertz CT molecular complexity index is 1150. The molecule has 0 radical (unpaired) electrons. The van der Waals surface area contributed by atoms with Gasteiger partial charge in [0.25, 0.3) is 0 Å². The standard InChI is InChI=1S/C22H20F3N5O/c1-13(9-22(23,24)25)29-20-28-11-17-18(30-20)16(10-27-19(17)31-2)14-3-5-15(6-4-14)21(12-26)7-8-21/h3-6,10-11,13H,7-9H2,1-2H3,(H,28,29,30)/t13-/m0/s1. The summed E-state index contributed by atoms with van der Waals surface area (Å²) in [6, 6.07) is 9.14. The number of aromatic nitrogens is 3. The van der Waals surface area contributed by atoms with Gasteiger partial charge in [0.1, 0.15) is 0 Å². The first-order chi connectivity index (χ1) is 14.7. The van der Waals surface area contributed by atoms with Crippen LogP contribution < -0.4 is 10.1 Å².